The highest BCUT2D eigenvalue weighted by Gasteiger charge is 2.31. The summed E-state index contributed by atoms with van der Waals surface area (Å²) in [6.07, 6.45) is 5.74. The summed E-state index contributed by atoms with van der Waals surface area (Å²) in [5.41, 5.74) is 1.79. The number of nitrogens with zero attached hydrogens (tertiary/aromatic N) is 5. The van der Waals surface area contributed by atoms with Gasteiger partial charge in [-0.05, 0) is 43.0 Å². The maximum absolute atomic E-state index is 6.08. The molecule has 1 saturated heterocycles. The van der Waals surface area contributed by atoms with Crippen LogP contribution in [0.3, 0.4) is 0 Å². The molecule has 5 rings (SSSR count). The van der Waals surface area contributed by atoms with Crippen molar-refractivity contribution in [3.8, 4) is 11.6 Å². The van der Waals surface area contributed by atoms with Gasteiger partial charge in [0, 0.05) is 24.3 Å². The molecule has 0 saturated carbocycles. The van der Waals surface area contributed by atoms with Gasteiger partial charge in [-0.25, -0.2) is 0 Å². The number of rotatable bonds is 4. The second-order valence-corrected chi connectivity index (χ2v) is 6.78. The lowest BCUT2D eigenvalue weighted by atomic mass is 10.1. The van der Waals surface area contributed by atoms with E-state index >= 15 is 0 Å². The molecular formula is C21H19N5O. The topological polar surface area (TPSA) is 67.9 Å². The molecule has 1 fully saturated rings. The third kappa shape index (κ3) is 3.08. The van der Waals surface area contributed by atoms with Gasteiger partial charge >= 0.3 is 0 Å². The Morgan fingerprint density at radius 1 is 0.963 bits per heavy atom. The number of hydrogen-bond acceptors (Lipinski definition) is 6. The number of hydrogen-bond donors (Lipinski definition) is 0. The van der Waals surface area contributed by atoms with E-state index in [0.29, 0.717) is 11.8 Å². The zero-order valence-corrected chi connectivity index (χ0v) is 14.8. The maximum Gasteiger partial charge on any atom is 0.266 e. The number of pyridine rings is 2. The van der Waals surface area contributed by atoms with Gasteiger partial charge in [0.25, 0.3) is 5.89 Å². The van der Waals surface area contributed by atoms with Crippen molar-refractivity contribution in [1.29, 1.82) is 0 Å². The second-order valence-electron chi connectivity index (χ2n) is 6.78. The smallest absolute Gasteiger partial charge is 0.266 e. The molecule has 1 atom stereocenters. The summed E-state index contributed by atoms with van der Waals surface area (Å²) < 4.78 is 6.08. The molecule has 4 heterocycles. The minimum absolute atomic E-state index is 0.128. The van der Waals surface area contributed by atoms with Crippen LogP contribution in [0.15, 0.2) is 65.3 Å². The molecule has 3 aromatic heterocycles. The highest BCUT2D eigenvalue weighted by Crippen LogP contribution is 2.34. The quantitative estimate of drug-likeness (QED) is 0.549. The SMILES string of the molecule is c1ccc(CN2CCCC2c2nnc(-c3nccc4ccccc34)o2)nc1. The van der Waals surface area contributed by atoms with Crippen molar-refractivity contribution < 1.29 is 4.42 Å². The predicted molar refractivity (Wildman–Crippen MR) is 102 cm³/mol. The highest BCUT2D eigenvalue weighted by atomic mass is 16.4. The Kier molecular flexibility index (Phi) is 4.10. The van der Waals surface area contributed by atoms with Gasteiger partial charge in [0.15, 0.2) is 0 Å². The Labute approximate surface area is 156 Å². The number of fused-ring (bicyclic) bond motifs is 1. The fourth-order valence-corrected chi connectivity index (χ4v) is 3.75. The van der Waals surface area contributed by atoms with E-state index < -0.39 is 0 Å². The largest absolute Gasteiger partial charge is 0.418 e. The molecule has 4 aromatic rings. The maximum atomic E-state index is 6.08. The van der Waals surface area contributed by atoms with E-state index in [0.717, 1.165) is 48.1 Å². The molecule has 0 N–H and O–H groups in total. The molecule has 6 nitrogen and oxygen atoms in total. The summed E-state index contributed by atoms with van der Waals surface area (Å²) in [6.45, 7) is 1.79. The van der Waals surface area contributed by atoms with Gasteiger partial charge in [0.1, 0.15) is 5.69 Å². The van der Waals surface area contributed by atoms with Crippen LogP contribution in [-0.4, -0.2) is 31.6 Å². The van der Waals surface area contributed by atoms with Crippen LogP contribution in [-0.2, 0) is 6.54 Å². The van der Waals surface area contributed by atoms with E-state index in [9.17, 15) is 0 Å². The van der Waals surface area contributed by atoms with E-state index in [1.807, 2.05) is 42.6 Å². The summed E-state index contributed by atoms with van der Waals surface area (Å²) in [5.74, 6) is 1.14. The zero-order valence-electron chi connectivity index (χ0n) is 14.8. The van der Waals surface area contributed by atoms with Crippen LogP contribution in [0.4, 0.5) is 0 Å². The van der Waals surface area contributed by atoms with Crippen molar-refractivity contribution in [2.75, 3.05) is 6.54 Å². The Hall–Kier alpha value is -3.12. The summed E-state index contributed by atoms with van der Waals surface area (Å²) in [4.78, 5) is 11.3. The summed E-state index contributed by atoms with van der Waals surface area (Å²) in [7, 11) is 0. The fraction of sp³-hybridized carbons (Fsp3) is 0.238. The van der Waals surface area contributed by atoms with Gasteiger partial charge in [-0.15, -0.1) is 10.2 Å². The Bertz CT molecular complexity index is 1060. The lowest BCUT2D eigenvalue weighted by Gasteiger charge is -2.20. The van der Waals surface area contributed by atoms with Crippen molar-refractivity contribution >= 4 is 10.8 Å². The van der Waals surface area contributed by atoms with Crippen molar-refractivity contribution in [2.24, 2.45) is 0 Å². The molecule has 1 unspecified atom stereocenters. The van der Waals surface area contributed by atoms with Crippen LogP contribution in [0, 0.1) is 0 Å². The van der Waals surface area contributed by atoms with Crippen molar-refractivity contribution in [1.82, 2.24) is 25.1 Å². The Morgan fingerprint density at radius 3 is 2.81 bits per heavy atom. The second kappa shape index (κ2) is 6.89. The first-order chi connectivity index (χ1) is 13.4. The molecular weight excluding hydrogens is 338 g/mol. The molecule has 134 valence electrons. The van der Waals surface area contributed by atoms with Crippen molar-refractivity contribution in [3.63, 3.8) is 0 Å². The van der Waals surface area contributed by atoms with Gasteiger partial charge in [-0.3, -0.25) is 14.9 Å². The lowest BCUT2D eigenvalue weighted by molar-refractivity contribution is 0.213. The first-order valence-electron chi connectivity index (χ1n) is 9.20. The highest BCUT2D eigenvalue weighted by molar-refractivity contribution is 5.92. The van der Waals surface area contributed by atoms with Crippen molar-refractivity contribution in [2.45, 2.75) is 25.4 Å². The third-order valence-electron chi connectivity index (χ3n) is 5.06. The van der Waals surface area contributed by atoms with Gasteiger partial charge in [-0.2, -0.15) is 0 Å². The molecule has 0 bridgehead atoms. The Morgan fingerprint density at radius 2 is 1.89 bits per heavy atom. The average molecular weight is 357 g/mol. The minimum Gasteiger partial charge on any atom is -0.418 e. The van der Waals surface area contributed by atoms with E-state index in [1.165, 1.54) is 0 Å². The lowest BCUT2D eigenvalue weighted by Crippen LogP contribution is -2.23. The number of aromatic nitrogens is 4. The van der Waals surface area contributed by atoms with E-state index in [1.54, 1.807) is 6.20 Å². The molecule has 0 aliphatic carbocycles. The van der Waals surface area contributed by atoms with Crippen LogP contribution < -0.4 is 0 Å². The van der Waals surface area contributed by atoms with E-state index in [-0.39, 0.29) is 6.04 Å². The molecule has 0 spiro atoms. The molecule has 0 radical (unpaired) electrons. The predicted octanol–water partition coefficient (Wildman–Crippen LogP) is 4.02. The van der Waals surface area contributed by atoms with E-state index in [2.05, 4.69) is 37.2 Å². The van der Waals surface area contributed by atoms with Crippen molar-refractivity contribution in [3.05, 3.63) is 72.5 Å². The van der Waals surface area contributed by atoms with Gasteiger partial charge < -0.3 is 4.42 Å². The van der Waals surface area contributed by atoms with Gasteiger partial charge in [0.05, 0.1) is 11.7 Å². The number of benzene rings is 1. The monoisotopic (exact) mass is 357 g/mol. The van der Waals surface area contributed by atoms with Crippen LogP contribution in [0.25, 0.3) is 22.4 Å². The summed E-state index contributed by atoms with van der Waals surface area (Å²) >= 11 is 0. The molecule has 1 aromatic carbocycles. The van der Waals surface area contributed by atoms with Gasteiger partial charge in [0.2, 0.25) is 5.89 Å². The summed E-state index contributed by atoms with van der Waals surface area (Å²) in [5, 5.41) is 10.8. The number of likely N-dealkylation sites (tertiary alicyclic amines) is 1. The molecule has 6 heteroatoms. The standard InChI is InChI=1S/C21H19N5O/c1-2-8-17-15(6-1)10-12-23-19(17)21-25-24-20(27-21)18-9-5-13-26(18)14-16-7-3-4-11-22-16/h1-4,6-8,10-12,18H,5,9,13-14H2. The van der Waals surface area contributed by atoms with Crippen LogP contribution in [0.2, 0.25) is 0 Å². The third-order valence-corrected chi connectivity index (χ3v) is 5.06. The van der Waals surface area contributed by atoms with Crippen LogP contribution in [0.5, 0.6) is 0 Å². The zero-order chi connectivity index (χ0) is 18.1. The van der Waals surface area contributed by atoms with Gasteiger partial charge in [-0.1, -0.05) is 30.3 Å². The Balaban J connectivity index is 1.44. The van der Waals surface area contributed by atoms with E-state index in [4.69, 9.17) is 4.42 Å². The van der Waals surface area contributed by atoms with Crippen LogP contribution >= 0.6 is 0 Å². The average Bonchev–Trinajstić information content (AvgIpc) is 3.38. The first-order valence-corrected chi connectivity index (χ1v) is 9.20. The molecule has 0 amide bonds. The fourth-order valence-electron chi connectivity index (χ4n) is 3.75. The van der Waals surface area contributed by atoms with Crippen LogP contribution in [0.1, 0.15) is 30.5 Å². The molecule has 27 heavy (non-hydrogen) atoms. The first kappa shape index (κ1) is 16.1. The summed E-state index contributed by atoms with van der Waals surface area (Å²) in [6, 6.07) is 16.2. The molecule has 1 aliphatic rings. The minimum atomic E-state index is 0.128. The normalized spacial score (nSPS) is 17.6. The molecule has 1 aliphatic heterocycles.